The standard InChI is InChI=1S/C12H20O/c1-10(2)6-7-11-5-3-4-8-12(11)9-13-12/h11H,1,3-9H2,2H3. The van der Waals surface area contributed by atoms with Gasteiger partial charge in [0.1, 0.15) is 0 Å². The van der Waals surface area contributed by atoms with Crippen molar-refractivity contribution in [2.24, 2.45) is 5.92 Å². The van der Waals surface area contributed by atoms with Crippen LogP contribution in [0.3, 0.4) is 0 Å². The molecule has 1 aliphatic heterocycles. The molecule has 2 atom stereocenters. The summed E-state index contributed by atoms with van der Waals surface area (Å²) in [6.07, 6.45) is 7.97. The highest BCUT2D eigenvalue weighted by Gasteiger charge is 2.51. The molecule has 0 aromatic heterocycles. The summed E-state index contributed by atoms with van der Waals surface area (Å²) < 4.78 is 5.65. The minimum atomic E-state index is 0.341. The third kappa shape index (κ3) is 1.96. The third-order valence-electron chi connectivity index (χ3n) is 3.58. The van der Waals surface area contributed by atoms with Crippen molar-refractivity contribution in [3.05, 3.63) is 12.2 Å². The van der Waals surface area contributed by atoms with Gasteiger partial charge in [-0.1, -0.05) is 18.4 Å². The molecule has 0 radical (unpaired) electrons. The molecule has 1 spiro atoms. The van der Waals surface area contributed by atoms with E-state index in [4.69, 9.17) is 4.74 Å². The van der Waals surface area contributed by atoms with Crippen LogP contribution in [-0.2, 0) is 4.74 Å². The van der Waals surface area contributed by atoms with Gasteiger partial charge in [0.25, 0.3) is 0 Å². The fraction of sp³-hybridized carbons (Fsp3) is 0.833. The maximum atomic E-state index is 5.65. The van der Waals surface area contributed by atoms with Gasteiger partial charge < -0.3 is 4.74 Å². The predicted molar refractivity (Wildman–Crippen MR) is 54.7 cm³/mol. The Kier molecular flexibility index (Phi) is 2.46. The summed E-state index contributed by atoms with van der Waals surface area (Å²) in [7, 11) is 0. The topological polar surface area (TPSA) is 12.5 Å². The maximum absolute atomic E-state index is 5.65. The molecule has 1 heteroatoms. The van der Waals surface area contributed by atoms with Gasteiger partial charge in [-0.2, -0.15) is 0 Å². The second-order valence-electron chi connectivity index (χ2n) is 4.79. The van der Waals surface area contributed by atoms with E-state index in [1.54, 1.807) is 0 Å². The smallest absolute Gasteiger partial charge is 0.0944 e. The van der Waals surface area contributed by atoms with Gasteiger partial charge in [-0.05, 0) is 38.5 Å². The molecule has 2 aliphatic rings. The monoisotopic (exact) mass is 180 g/mol. The largest absolute Gasteiger partial charge is 0.369 e. The molecule has 0 N–H and O–H groups in total. The summed E-state index contributed by atoms with van der Waals surface area (Å²) in [5.74, 6) is 0.831. The van der Waals surface area contributed by atoms with Crippen molar-refractivity contribution in [1.82, 2.24) is 0 Å². The lowest BCUT2D eigenvalue weighted by Crippen LogP contribution is -2.28. The lowest BCUT2D eigenvalue weighted by atomic mass is 9.76. The lowest BCUT2D eigenvalue weighted by molar-refractivity contribution is 0.151. The van der Waals surface area contributed by atoms with Crippen molar-refractivity contribution in [1.29, 1.82) is 0 Å². The van der Waals surface area contributed by atoms with E-state index >= 15 is 0 Å². The molecule has 0 aromatic carbocycles. The minimum Gasteiger partial charge on any atom is -0.369 e. The molecule has 13 heavy (non-hydrogen) atoms. The Bertz CT molecular complexity index is 203. The van der Waals surface area contributed by atoms with E-state index in [1.807, 2.05) is 0 Å². The number of rotatable bonds is 3. The molecule has 1 saturated heterocycles. The summed E-state index contributed by atoms with van der Waals surface area (Å²) >= 11 is 0. The van der Waals surface area contributed by atoms with Gasteiger partial charge in [-0.15, -0.1) is 6.58 Å². The molecule has 0 amide bonds. The molecule has 1 saturated carbocycles. The molecule has 2 fully saturated rings. The molecular formula is C12H20O. The van der Waals surface area contributed by atoms with Gasteiger partial charge in [0.15, 0.2) is 0 Å². The lowest BCUT2D eigenvalue weighted by Gasteiger charge is -2.28. The van der Waals surface area contributed by atoms with Crippen LogP contribution in [0.2, 0.25) is 0 Å². The first kappa shape index (κ1) is 9.26. The Morgan fingerprint density at radius 1 is 1.54 bits per heavy atom. The number of hydrogen-bond acceptors (Lipinski definition) is 1. The van der Waals surface area contributed by atoms with Crippen molar-refractivity contribution in [3.8, 4) is 0 Å². The third-order valence-corrected chi connectivity index (χ3v) is 3.58. The Morgan fingerprint density at radius 2 is 2.31 bits per heavy atom. The van der Waals surface area contributed by atoms with E-state index < -0.39 is 0 Å². The number of epoxide rings is 1. The van der Waals surface area contributed by atoms with Gasteiger partial charge >= 0.3 is 0 Å². The summed E-state index contributed by atoms with van der Waals surface area (Å²) in [6.45, 7) is 7.13. The van der Waals surface area contributed by atoms with Crippen LogP contribution in [-0.4, -0.2) is 12.2 Å². The van der Waals surface area contributed by atoms with Crippen LogP contribution in [0.5, 0.6) is 0 Å². The average Bonchev–Trinajstić information content (AvgIpc) is 2.84. The summed E-state index contributed by atoms with van der Waals surface area (Å²) in [5, 5.41) is 0. The van der Waals surface area contributed by atoms with E-state index in [-0.39, 0.29) is 0 Å². The molecule has 74 valence electrons. The number of ether oxygens (including phenoxy) is 1. The summed E-state index contributed by atoms with van der Waals surface area (Å²) in [4.78, 5) is 0. The second kappa shape index (κ2) is 3.45. The van der Waals surface area contributed by atoms with E-state index in [9.17, 15) is 0 Å². The Balaban J connectivity index is 1.85. The zero-order chi connectivity index (χ0) is 9.31. The van der Waals surface area contributed by atoms with Crippen LogP contribution in [0.25, 0.3) is 0 Å². The highest BCUT2D eigenvalue weighted by atomic mass is 16.6. The fourth-order valence-corrected chi connectivity index (χ4v) is 2.58. The van der Waals surface area contributed by atoms with Crippen LogP contribution in [0.1, 0.15) is 45.4 Å². The van der Waals surface area contributed by atoms with Crippen LogP contribution in [0.4, 0.5) is 0 Å². The van der Waals surface area contributed by atoms with Crippen LogP contribution in [0, 0.1) is 5.92 Å². The average molecular weight is 180 g/mol. The molecule has 2 unspecified atom stereocenters. The fourth-order valence-electron chi connectivity index (χ4n) is 2.58. The molecule has 1 heterocycles. The van der Waals surface area contributed by atoms with E-state index in [1.165, 1.54) is 44.1 Å². The molecule has 0 aromatic rings. The normalized spacial score (nSPS) is 37.8. The zero-order valence-electron chi connectivity index (χ0n) is 8.64. The van der Waals surface area contributed by atoms with Crippen molar-refractivity contribution in [2.45, 2.75) is 51.0 Å². The first-order valence-corrected chi connectivity index (χ1v) is 5.51. The number of allylic oxidation sites excluding steroid dienone is 1. The van der Waals surface area contributed by atoms with Gasteiger partial charge in [0.2, 0.25) is 0 Å². The maximum Gasteiger partial charge on any atom is 0.0944 e. The van der Waals surface area contributed by atoms with Crippen molar-refractivity contribution >= 4 is 0 Å². The van der Waals surface area contributed by atoms with E-state index in [0.29, 0.717) is 5.60 Å². The van der Waals surface area contributed by atoms with Gasteiger partial charge in [0, 0.05) is 0 Å². The zero-order valence-corrected chi connectivity index (χ0v) is 8.64. The minimum absolute atomic E-state index is 0.341. The number of hydrogen-bond donors (Lipinski definition) is 0. The molecule has 0 bridgehead atoms. The van der Waals surface area contributed by atoms with Crippen LogP contribution < -0.4 is 0 Å². The van der Waals surface area contributed by atoms with Crippen molar-refractivity contribution < 1.29 is 4.74 Å². The molecule has 2 rings (SSSR count). The molecular weight excluding hydrogens is 160 g/mol. The van der Waals surface area contributed by atoms with Crippen LogP contribution in [0.15, 0.2) is 12.2 Å². The molecule has 1 aliphatic carbocycles. The Labute approximate surface area is 81.2 Å². The first-order chi connectivity index (χ1) is 6.23. The summed E-state index contributed by atoms with van der Waals surface area (Å²) in [5.41, 5.74) is 1.66. The van der Waals surface area contributed by atoms with Crippen LogP contribution >= 0.6 is 0 Å². The summed E-state index contributed by atoms with van der Waals surface area (Å²) in [6, 6.07) is 0. The Morgan fingerprint density at radius 3 is 2.92 bits per heavy atom. The van der Waals surface area contributed by atoms with Gasteiger partial charge in [0.05, 0.1) is 12.2 Å². The van der Waals surface area contributed by atoms with E-state index in [2.05, 4.69) is 13.5 Å². The van der Waals surface area contributed by atoms with Gasteiger partial charge in [-0.25, -0.2) is 0 Å². The highest BCUT2D eigenvalue weighted by molar-refractivity contribution is 5.02. The first-order valence-electron chi connectivity index (χ1n) is 5.51. The Hall–Kier alpha value is -0.300. The molecule has 1 nitrogen and oxygen atoms in total. The second-order valence-corrected chi connectivity index (χ2v) is 4.79. The van der Waals surface area contributed by atoms with Crippen molar-refractivity contribution in [3.63, 3.8) is 0 Å². The SMILES string of the molecule is C=C(C)CCC1CCCCC12CO2. The van der Waals surface area contributed by atoms with Crippen molar-refractivity contribution in [2.75, 3.05) is 6.61 Å². The van der Waals surface area contributed by atoms with E-state index in [0.717, 1.165) is 12.5 Å². The quantitative estimate of drug-likeness (QED) is 0.479. The van der Waals surface area contributed by atoms with Gasteiger partial charge in [-0.3, -0.25) is 0 Å². The highest BCUT2D eigenvalue weighted by Crippen LogP contribution is 2.48. The predicted octanol–water partition coefficient (Wildman–Crippen LogP) is 3.30.